The van der Waals surface area contributed by atoms with Crippen molar-refractivity contribution in [2.75, 3.05) is 19.8 Å². The predicted molar refractivity (Wildman–Crippen MR) is 117 cm³/mol. The molecule has 0 amide bonds. The molecule has 2 rings (SSSR count). The Morgan fingerprint density at radius 3 is 2.03 bits per heavy atom. The average Bonchev–Trinajstić information content (AvgIpc) is 2.83. The van der Waals surface area contributed by atoms with E-state index in [2.05, 4.69) is 0 Å². The molecule has 2 aliphatic heterocycles. The summed E-state index contributed by atoms with van der Waals surface area (Å²) in [5.74, 6) is -0.484. The van der Waals surface area contributed by atoms with Crippen molar-refractivity contribution in [3.63, 3.8) is 0 Å². The number of hydrogen-bond donors (Lipinski definition) is 7. The molecule has 11 atom stereocenters. The monoisotopic (exact) mass is 512 g/mol. The van der Waals surface area contributed by atoms with Crippen molar-refractivity contribution in [2.24, 2.45) is 0 Å². The van der Waals surface area contributed by atoms with Crippen LogP contribution < -0.4 is 0 Å². The number of carbonyl (C=O) groups is 1. The van der Waals surface area contributed by atoms with Crippen LogP contribution in [-0.2, 0) is 28.5 Å². The lowest BCUT2D eigenvalue weighted by atomic mass is 9.98. The Hall–Kier alpha value is -0.970. The van der Waals surface area contributed by atoms with Gasteiger partial charge in [0, 0.05) is 0 Å². The van der Waals surface area contributed by atoms with Crippen molar-refractivity contribution in [1.29, 1.82) is 0 Å². The molecule has 0 aromatic rings. The van der Waals surface area contributed by atoms with Crippen LogP contribution in [0.25, 0.3) is 0 Å². The van der Waals surface area contributed by atoms with Crippen molar-refractivity contribution in [2.45, 2.75) is 113 Å². The number of aliphatic hydroxyl groups excluding tert-OH is 7. The summed E-state index contributed by atoms with van der Waals surface area (Å²) in [5, 5.41) is 70.2. The maximum atomic E-state index is 12.0. The second kappa shape index (κ2) is 14.7. The molecule has 11 unspecified atom stereocenters. The van der Waals surface area contributed by atoms with E-state index in [0.717, 1.165) is 19.3 Å². The molecule has 2 aliphatic rings. The molecule has 35 heavy (non-hydrogen) atoms. The Labute approximate surface area is 204 Å². The summed E-state index contributed by atoms with van der Waals surface area (Å²) in [5.41, 5.74) is 0. The van der Waals surface area contributed by atoms with Gasteiger partial charge in [-0.3, -0.25) is 4.79 Å². The first-order chi connectivity index (χ1) is 16.6. The zero-order valence-electron chi connectivity index (χ0n) is 20.1. The molecule has 13 nitrogen and oxygen atoms in total. The number of ether oxygens (including phenoxy) is 5. The maximum Gasteiger partial charge on any atom is 0.308 e. The second-order valence-corrected chi connectivity index (χ2v) is 8.81. The lowest BCUT2D eigenvalue weighted by Gasteiger charge is -2.43. The van der Waals surface area contributed by atoms with Crippen LogP contribution in [0.1, 0.15) is 46.0 Å². The Bertz CT molecular complexity index is 620. The largest absolute Gasteiger partial charge is 0.466 e. The van der Waals surface area contributed by atoms with Gasteiger partial charge in [-0.05, 0) is 13.3 Å². The van der Waals surface area contributed by atoms with Gasteiger partial charge in [0.05, 0.1) is 32.3 Å². The Morgan fingerprint density at radius 1 is 0.829 bits per heavy atom. The SMILES string of the molecule is CCCCCC(CC(=O)OCC)OC1OC(COC2OC(CO)C(O)C(O)C2O)C(O)C(O)C1O. The molecule has 2 saturated heterocycles. The average molecular weight is 513 g/mol. The molecule has 0 bridgehead atoms. The predicted octanol–water partition coefficient (Wildman–Crippen LogP) is -2.47. The highest BCUT2D eigenvalue weighted by molar-refractivity contribution is 5.69. The third-order valence-electron chi connectivity index (χ3n) is 6.10. The van der Waals surface area contributed by atoms with Crippen LogP contribution in [0.5, 0.6) is 0 Å². The van der Waals surface area contributed by atoms with E-state index in [-0.39, 0.29) is 13.0 Å². The molecule has 7 N–H and O–H groups in total. The molecule has 0 aromatic carbocycles. The smallest absolute Gasteiger partial charge is 0.308 e. The van der Waals surface area contributed by atoms with Gasteiger partial charge < -0.3 is 59.4 Å². The Morgan fingerprint density at radius 2 is 1.43 bits per heavy atom. The summed E-state index contributed by atoms with van der Waals surface area (Å²) < 4.78 is 27.1. The van der Waals surface area contributed by atoms with Crippen molar-refractivity contribution in [3.8, 4) is 0 Å². The van der Waals surface area contributed by atoms with Gasteiger partial charge in [0.1, 0.15) is 48.8 Å². The van der Waals surface area contributed by atoms with Gasteiger partial charge in [-0.1, -0.05) is 26.2 Å². The lowest BCUT2D eigenvalue weighted by Crippen LogP contribution is -2.62. The van der Waals surface area contributed by atoms with E-state index in [4.69, 9.17) is 23.7 Å². The van der Waals surface area contributed by atoms with Gasteiger partial charge in [0.2, 0.25) is 0 Å². The van der Waals surface area contributed by atoms with Crippen LogP contribution in [0.15, 0.2) is 0 Å². The molecular weight excluding hydrogens is 472 g/mol. The van der Waals surface area contributed by atoms with E-state index in [1.165, 1.54) is 0 Å². The van der Waals surface area contributed by atoms with Gasteiger partial charge in [0.25, 0.3) is 0 Å². The second-order valence-electron chi connectivity index (χ2n) is 8.81. The highest BCUT2D eigenvalue weighted by Gasteiger charge is 2.48. The van der Waals surface area contributed by atoms with Gasteiger partial charge in [-0.15, -0.1) is 0 Å². The highest BCUT2D eigenvalue weighted by Crippen LogP contribution is 2.27. The Kier molecular flexibility index (Phi) is 12.7. The fourth-order valence-corrected chi connectivity index (χ4v) is 4.00. The number of rotatable bonds is 13. The molecule has 0 aromatic heterocycles. The molecule has 13 heteroatoms. The number of carbonyl (C=O) groups excluding carboxylic acids is 1. The Balaban J connectivity index is 2.03. The van der Waals surface area contributed by atoms with Crippen LogP contribution in [0, 0.1) is 0 Å². The van der Waals surface area contributed by atoms with Gasteiger partial charge in [0.15, 0.2) is 12.6 Å². The third-order valence-corrected chi connectivity index (χ3v) is 6.10. The number of aliphatic hydroxyl groups is 7. The standard InChI is InChI=1S/C22H40O13/c1-3-5-6-7-11(8-14(24)31-4-2)33-22-20(30)18(28)16(26)13(35-22)10-32-21-19(29)17(27)15(25)12(9-23)34-21/h11-13,15-23,25-30H,3-10H2,1-2H3. The molecule has 2 heterocycles. The van der Waals surface area contributed by atoms with Crippen molar-refractivity contribution in [3.05, 3.63) is 0 Å². The third kappa shape index (κ3) is 8.27. The summed E-state index contributed by atoms with van der Waals surface area (Å²) in [6, 6.07) is 0. The first-order valence-electron chi connectivity index (χ1n) is 12.1. The fraction of sp³-hybridized carbons (Fsp3) is 0.955. The minimum absolute atomic E-state index is 0.0885. The van der Waals surface area contributed by atoms with Crippen LogP contribution >= 0.6 is 0 Å². The number of unbranched alkanes of at least 4 members (excludes halogenated alkanes) is 2. The maximum absolute atomic E-state index is 12.0. The van der Waals surface area contributed by atoms with Gasteiger partial charge in [-0.2, -0.15) is 0 Å². The minimum atomic E-state index is -1.67. The van der Waals surface area contributed by atoms with E-state index in [1.54, 1.807) is 6.92 Å². The molecule has 0 aliphatic carbocycles. The normalized spacial score (nSPS) is 38.8. The topological polar surface area (TPSA) is 205 Å². The first kappa shape index (κ1) is 30.3. The summed E-state index contributed by atoms with van der Waals surface area (Å²) >= 11 is 0. The molecule has 0 spiro atoms. The highest BCUT2D eigenvalue weighted by atomic mass is 16.7. The van der Waals surface area contributed by atoms with Crippen LogP contribution in [0.3, 0.4) is 0 Å². The van der Waals surface area contributed by atoms with E-state index >= 15 is 0 Å². The van der Waals surface area contributed by atoms with Crippen molar-refractivity contribution in [1.82, 2.24) is 0 Å². The molecule has 0 radical (unpaired) electrons. The van der Waals surface area contributed by atoms with Gasteiger partial charge >= 0.3 is 5.97 Å². The minimum Gasteiger partial charge on any atom is -0.466 e. The summed E-state index contributed by atoms with van der Waals surface area (Å²) in [6.07, 6.45) is -12.8. The van der Waals surface area contributed by atoms with Gasteiger partial charge in [-0.25, -0.2) is 0 Å². The molecular formula is C22H40O13. The molecule has 2 fully saturated rings. The number of hydrogen-bond acceptors (Lipinski definition) is 13. The summed E-state index contributed by atoms with van der Waals surface area (Å²) in [4.78, 5) is 12.0. The van der Waals surface area contributed by atoms with E-state index in [9.17, 15) is 40.5 Å². The van der Waals surface area contributed by atoms with Crippen LogP contribution in [0.4, 0.5) is 0 Å². The van der Waals surface area contributed by atoms with E-state index < -0.39 is 86.7 Å². The fourth-order valence-electron chi connectivity index (χ4n) is 4.00. The van der Waals surface area contributed by atoms with E-state index in [0.29, 0.717) is 6.42 Å². The summed E-state index contributed by atoms with van der Waals surface area (Å²) in [7, 11) is 0. The molecule has 206 valence electrons. The quantitative estimate of drug-likeness (QED) is 0.101. The lowest BCUT2D eigenvalue weighted by molar-refractivity contribution is -0.336. The number of esters is 1. The van der Waals surface area contributed by atoms with Crippen molar-refractivity contribution >= 4 is 5.97 Å². The first-order valence-corrected chi connectivity index (χ1v) is 12.1. The molecule has 0 saturated carbocycles. The summed E-state index contributed by atoms with van der Waals surface area (Å²) in [6.45, 7) is 2.79. The van der Waals surface area contributed by atoms with Crippen LogP contribution in [0.2, 0.25) is 0 Å². The van der Waals surface area contributed by atoms with E-state index in [1.807, 2.05) is 6.92 Å². The van der Waals surface area contributed by atoms with Crippen LogP contribution in [-0.4, -0.2) is 129 Å². The van der Waals surface area contributed by atoms with Crippen molar-refractivity contribution < 1.29 is 64.2 Å². The zero-order valence-corrected chi connectivity index (χ0v) is 20.1. The zero-order chi connectivity index (χ0) is 26.1.